The third-order valence-corrected chi connectivity index (χ3v) is 6.38. The van der Waals surface area contributed by atoms with Gasteiger partial charge in [-0.05, 0) is 17.7 Å². The molecule has 0 bridgehead atoms. The maximum Gasteiger partial charge on any atom is 0.322 e. The number of rotatable bonds is 6. The van der Waals surface area contributed by atoms with Crippen molar-refractivity contribution in [3.05, 3.63) is 80.4 Å². The molecule has 32 heavy (non-hydrogen) atoms. The van der Waals surface area contributed by atoms with Crippen molar-refractivity contribution in [2.75, 3.05) is 6.54 Å². The van der Waals surface area contributed by atoms with Crippen molar-refractivity contribution in [3.63, 3.8) is 0 Å². The SMILES string of the molecule is O=C(O)CNC(=O)c1c(O)c2c(n(Cc3ccc(-c4ccccc4Cl)nc3)c1=O)CSC2. The molecule has 0 aliphatic carbocycles. The Morgan fingerprint density at radius 3 is 2.66 bits per heavy atom. The van der Waals surface area contributed by atoms with Crippen LogP contribution in [0.4, 0.5) is 0 Å². The van der Waals surface area contributed by atoms with Crippen molar-refractivity contribution in [3.8, 4) is 17.0 Å². The molecule has 164 valence electrons. The third-order valence-electron chi connectivity index (χ3n) is 5.08. The van der Waals surface area contributed by atoms with Crippen LogP contribution in [0.25, 0.3) is 11.3 Å². The second-order valence-corrected chi connectivity index (χ2v) is 8.53. The number of carbonyl (C=O) groups is 2. The first-order chi connectivity index (χ1) is 15.4. The predicted octanol–water partition coefficient (Wildman–Crippen LogP) is 2.88. The molecule has 0 saturated carbocycles. The summed E-state index contributed by atoms with van der Waals surface area (Å²) in [5.74, 6) is -1.60. The van der Waals surface area contributed by atoms with E-state index in [1.165, 1.54) is 16.3 Å². The summed E-state index contributed by atoms with van der Waals surface area (Å²) >= 11 is 7.75. The van der Waals surface area contributed by atoms with Gasteiger partial charge in [-0.15, -0.1) is 0 Å². The van der Waals surface area contributed by atoms with Gasteiger partial charge in [0.2, 0.25) is 0 Å². The van der Waals surface area contributed by atoms with Crippen molar-refractivity contribution >= 4 is 35.2 Å². The maximum absolute atomic E-state index is 13.1. The van der Waals surface area contributed by atoms with Gasteiger partial charge in [-0.2, -0.15) is 11.8 Å². The number of carbonyl (C=O) groups excluding carboxylic acids is 1. The van der Waals surface area contributed by atoms with Crippen molar-refractivity contribution in [2.24, 2.45) is 0 Å². The van der Waals surface area contributed by atoms with Crippen LogP contribution >= 0.6 is 23.4 Å². The molecule has 1 amide bonds. The van der Waals surface area contributed by atoms with E-state index in [2.05, 4.69) is 10.3 Å². The van der Waals surface area contributed by atoms with Crippen LogP contribution in [0.1, 0.15) is 27.2 Å². The fourth-order valence-electron chi connectivity index (χ4n) is 3.52. The number of benzene rings is 1. The number of fused-ring (bicyclic) bond motifs is 1. The topological polar surface area (TPSA) is 122 Å². The second-order valence-electron chi connectivity index (χ2n) is 7.14. The quantitative estimate of drug-likeness (QED) is 0.505. The molecule has 0 atom stereocenters. The van der Waals surface area contributed by atoms with Crippen LogP contribution in [0.2, 0.25) is 5.02 Å². The molecule has 3 aromatic rings. The second kappa shape index (κ2) is 9.05. The molecule has 0 saturated heterocycles. The number of carboxylic acids is 1. The molecule has 10 heteroatoms. The summed E-state index contributed by atoms with van der Waals surface area (Å²) in [6.45, 7) is -0.506. The molecule has 3 N–H and O–H groups in total. The lowest BCUT2D eigenvalue weighted by Crippen LogP contribution is -2.37. The summed E-state index contributed by atoms with van der Waals surface area (Å²) in [4.78, 5) is 40.8. The summed E-state index contributed by atoms with van der Waals surface area (Å²) in [6, 6.07) is 11.0. The van der Waals surface area contributed by atoms with Crippen LogP contribution in [-0.2, 0) is 22.8 Å². The van der Waals surface area contributed by atoms with E-state index in [0.29, 0.717) is 33.5 Å². The highest BCUT2D eigenvalue weighted by molar-refractivity contribution is 7.98. The maximum atomic E-state index is 13.1. The molecule has 0 fully saturated rings. The Morgan fingerprint density at radius 1 is 1.19 bits per heavy atom. The molecule has 1 aliphatic rings. The first-order valence-corrected chi connectivity index (χ1v) is 11.1. The molecule has 0 unspecified atom stereocenters. The number of aromatic nitrogens is 2. The van der Waals surface area contributed by atoms with E-state index in [1.54, 1.807) is 18.3 Å². The standard InChI is InChI=1S/C22H18ClN3O5S/c23-15-4-2-1-3-13(15)16-6-5-12(7-24-16)9-26-17-11-32-10-14(17)20(29)19(22(26)31)21(30)25-8-18(27)28/h1-7,29H,8-11H2,(H,25,30)(H,27,28). The van der Waals surface area contributed by atoms with E-state index in [9.17, 15) is 19.5 Å². The average Bonchev–Trinajstić information content (AvgIpc) is 3.26. The monoisotopic (exact) mass is 471 g/mol. The van der Waals surface area contributed by atoms with Crippen LogP contribution in [0.5, 0.6) is 5.75 Å². The molecule has 8 nitrogen and oxygen atoms in total. The minimum Gasteiger partial charge on any atom is -0.507 e. The highest BCUT2D eigenvalue weighted by Crippen LogP contribution is 2.36. The summed E-state index contributed by atoms with van der Waals surface area (Å²) in [6.07, 6.45) is 1.64. The van der Waals surface area contributed by atoms with Gasteiger partial charge in [-0.25, -0.2) is 0 Å². The van der Waals surface area contributed by atoms with Crippen LogP contribution in [0.3, 0.4) is 0 Å². The van der Waals surface area contributed by atoms with Crippen molar-refractivity contribution < 1.29 is 19.8 Å². The molecule has 2 aromatic heterocycles. The lowest BCUT2D eigenvalue weighted by atomic mass is 10.1. The number of amides is 1. The lowest BCUT2D eigenvalue weighted by Gasteiger charge is -2.16. The normalized spacial score (nSPS) is 12.4. The van der Waals surface area contributed by atoms with Gasteiger partial charge in [-0.3, -0.25) is 19.4 Å². The Balaban J connectivity index is 1.70. The van der Waals surface area contributed by atoms with E-state index in [1.807, 2.05) is 24.3 Å². The summed E-state index contributed by atoms with van der Waals surface area (Å²) in [7, 11) is 0. The molecule has 3 heterocycles. The van der Waals surface area contributed by atoms with Crippen LogP contribution in [-0.4, -0.2) is 38.2 Å². The summed E-state index contributed by atoms with van der Waals surface area (Å²) in [5, 5.41) is 22.1. The van der Waals surface area contributed by atoms with E-state index in [0.717, 1.165) is 11.1 Å². The number of pyridine rings is 2. The van der Waals surface area contributed by atoms with Gasteiger partial charge in [0.1, 0.15) is 17.9 Å². The molecular weight excluding hydrogens is 454 g/mol. The molecule has 1 aliphatic heterocycles. The fourth-order valence-corrected chi connectivity index (χ4v) is 4.89. The van der Waals surface area contributed by atoms with E-state index in [-0.39, 0.29) is 12.3 Å². The Hall–Kier alpha value is -3.30. The Morgan fingerprint density at radius 2 is 1.97 bits per heavy atom. The van der Waals surface area contributed by atoms with Gasteiger partial charge < -0.3 is 20.1 Å². The highest BCUT2D eigenvalue weighted by Gasteiger charge is 2.28. The van der Waals surface area contributed by atoms with E-state index >= 15 is 0 Å². The number of nitrogens with one attached hydrogen (secondary N) is 1. The average molecular weight is 472 g/mol. The smallest absolute Gasteiger partial charge is 0.322 e. The number of halogens is 1. The Bertz CT molecular complexity index is 1270. The minimum atomic E-state index is -1.25. The van der Waals surface area contributed by atoms with E-state index in [4.69, 9.17) is 16.7 Å². The first-order valence-electron chi connectivity index (χ1n) is 9.62. The zero-order valence-electron chi connectivity index (χ0n) is 16.7. The van der Waals surface area contributed by atoms with Gasteiger partial charge in [0.25, 0.3) is 11.5 Å². The van der Waals surface area contributed by atoms with E-state index < -0.39 is 29.5 Å². The van der Waals surface area contributed by atoms with Crippen molar-refractivity contribution in [2.45, 2.75) is 18.1 Å². The van der Waals surface area contributed by atoms with Crippen LogP contribution in [0, 0.1) is 0 Å². The Labute approximate surface area is 191 Å². The fraction of sp³-hybridized carbons (Fsp3) is 0.182. The van der Waals surface area contributed by atoms with Gasteiger partial charge in [0.05, 0.1) is 12.2 Å². The van der Waals surface area contributed by atoms with Gasteiger partial charge in [0.15, 0.2) is 0 Å². The zero-order chi connectivity index (χ0) is 22.8. The number of aromatic hydroxyl groups is 1. The minimum absolute atomic E-state index is 0.150. The Kier molecular flexibility index (Phi) is 6.20. The van der Waals surface area contributed by atoms with Crippen LogP contribution in [0.15, 0.2) is 47.4 Å². The third kappa shape index (κ3) is 4.21. The predicted molar refractivity (Wildman–Crippen MR) is 121 cm³/mol. The number of aliphatic carboxylic acids is 1. The molecular formula is C22H18ClN3O5S. The van der Waals surface area contributed by atoms with Crippen molar-refractivity contribution in [1.29, 1.82) is 0 Å². The number of hydrogen-bond acceptors (Lipinski definition) is 6. The first kappa shape index (κ1) is 21.9. The largest absolute Gasteiger partial charge is 0.507 e. The zero-order valence-corrected chi connectivity index (χ0v) is 18.2. The number of thioether (sulfide) groups is 1. The molecule has 0 spiro atoms. The van der Waals surface area contributed by atoms with Gasteiger partial charge in [0, 0.05) is 39.5 Å². The molecule has 0 radical (unpaired) electrons. The number of hydrogen-bond donors (Lipinski definition) is 3. The van der Waals surface area contributed by atoms with Gasteiger partial charge in [-0.1, -0.05) is 35.9 Å². The molecule has 1 aromatic carbocycles. The molecule has 4 rings (SSSR count). The highest BCUT2D eigenvalue weighted by atomic mass is 35.5. The summed E-state index contributed by atoms with van der Waals surface area (Å²) in [5.41, 5.74) is 2.22. The number of carboxylic acid groups (broad SMARTS) is 1. The van der Waals surface area contributed by atoms with Gasteiger partial charge >= 0.3 is 5.97 Å². The van der Waals surface area contributed by atoms with Crippen molar-refractivity contribution in [1.82, 2.24) is 14.9 Å². The summed E-state index contributed by atoms with van der Waals surface area (Å²) < 4.78 is 1.44. The lowest BCUT2D eigenvalue weighted by molar-refractivity contribution is -0.135. The number of nitrogens with zero attached hydrogens (tertiary/aromatic N) is 2. The van der Waals surface area contributed by atoms with Crippen LogP contribution < -0.4 is 10.9 Å².